The molecule has 1 fully saturated rings. The van der Waals surface area contributed by atoms with Gasteiger partial charge >= 0.3 is 0 Å². The lowest BCUT2D eigenvalue weighted by Gasteiger charge is -2.24. The van der Waals surface area contributed by atoms with Crippen LogP contribution in [0, 0.1) is 6.92 Å². The van der Waals surface area contributed by atoms with Gasteiger partial charge in [-0.05, 0) is 37.2 Å². The molecule has 2 N–H and O–H groups in total. The van der Waals surface area contributed by atoms with Crippen molar-refractivity contribution in [2.24, 2.45) is 5.73 Å². The van der Waals surface area contributed by atoms with E-state index in [0.29, 0.717) is 11.5 Å². The van der Waals surface area contributed by atoms with Gasteiger partial charge in [0, 0.05) is 6.04 Å². The van der Waals surface area contributed by atoms with Crippen molar-refractivity contribution in [1.29, 1.82) is 0 Å². The van der Waals surface area contributed by atoms with E-state index >= 15 is 0 Å². The number of nitrogens with two attached hydrogens (primary N) is 1. The molecule has 1 saturated carbocycles. The van der Waals surface area contributed by atoms with E-state index in [2.05, 4.69) is 38.1 Å². The third-order valence-corrected chi connectivity index (χ3v) is 3.53. The Bertz CT molecular complexity index is 315. The summed E-state index contributed by atoms with van der Waals surface area (Å²) in [5.41, 5.74) is 9.09. The number of hydrogen-bond acceptors (Lipinski definition) is 1. The Hall–Kier alpha value is -0.820. The van der Waals surface area contributed by atoms with E-state index in [1.165, 1.54) is 24.0 Å². The molecule has 14 heavy (non-hydrogen) atoms. The first kappa shape index (κ1) is 9.72. The Labute approximate surface area is 86.3 Å². The highest BCUT2D eigenvalue weighted by atomic mass is 14.7. The third-order valence-electron chi connectivity index (χ3n) is 3.53. The zero-order chi connectivity index (χ0) is 10.2. The predicted octanol–water partition coefficient (Wildman–Crippen LogP) is 2.76. The summed E-state index contributed by atoms with van der Waals surface area (Å²) in [5.74, 6) is 0. The molecule has 0 amide bonds. The zero-order valence-electron chi connectivity index (χ0n) is 9.09. The highest BCUT2D eigenvalue weighted by Gasteiger charge is 2.34. The number of rotatable bonds is 1. The highest BCUT2D eigenvalue weighted by Crippen LogP contribution is 2.39. The van der Waals surface area contributed by atoms with Gasteiger partial charge in [0.25, 0.3) is 0 Å². The number of benzene rings is 1. The molecule has 0 saturated heterocycles. The van der Waals surface area contributed by atoms with Crippen molar-refractivity contribution in [1.82, 2.24) is 0 Å². The molecule has 0 heterocycles. The Morgan fingerprint density at radius 1 is 1.29 bits per heavy atom. The Balaban J connectivity index is 2.26. The molecular weight excluding hydrogens is 170 g/mol. The zero-order valence-corrected chi connectivity index (χ0v) is 9.09. The van der Waals surface area contributed by atoms with Crippen LogP contribution in [0.5, 0.6) is 0 Å². The maximum absolute atomic E-state index is 5.98. The fourth-order valence-electron chi connectivity index (χ4n) is 2.50. The van der Waals surface area contributed by atoms with Crippen LogP contribution in [0.4, 0.5) is 0 Å². The van der Waals surface area contributed by atoms with Crippen LogP contribution in [0.15, 0.2) is 24.3 Å². The minimum absolute atomic E-state index is 0.327. The van der Waals surface area contributed by atoms with Crippen LogP contribution >= 0.6 is 0 Å². The summed E-state index contributed by atoms with van der Waals surface area (Å²) < 4.78 is 0. The first-order valence-corrected chi connectivity index (χ1v) is 5.43. The van der Waals surface area contributed by atoms with Crippen molar-refractivity contribution in [3.05, 3.63) is 35.4 Å². The number of hydrogen-bond donors (Lipinski definition) is 1. The molecule has 1 heteroatoms. The standard InChI is InChI=1S/C13H19N/c1-10-3-5-11(6-4-10)13(2)8-7-12(14)9-13/h3-6,12H,7-9,14H2,1-2H3. The smallest absolute Gasteiger partial charge is 0.00475 e. The number of aryl methyl sites for hydroxylation is 1. The SMILES string of the molecule is Cc1ccc(C2(C)CCC(N)C2)cc1. The second-order valence-corrected chi connectivity index (χ2v) is 4.93. The normalized spacial score (nSPS) is 32.1. The monoisotopic (exact) mass is 189 g/mol. The Morgan fingerprint density at radius 3 is 2.43 bits per heavy atom. The van der Waals surface area contributed by atoms with Crippen LogP contribution in [0.25, 0.3) is 0 Å². The molecule has 1 aromatic rings. The van der Waals surface area contributed by atoms with Gasteiger partial charge in [-0.3, -0.25) is 0 Å². The van der Waals surface area contributed by atoms with Gasteiger partial charge in [-0.25, -0.2) is 0 Å². The van der Waals surface area contributed by atoms with Gasteiger partial charge in [-0.2, -0.15) is 0 Å². The third kappa shape index (κ3) is 1.69. The molecule has 0 aromatic heterocycles. The van der Waals surface area contributed by atoms with Crippen LogP contribution in [-0.2, 0) is 5.41 Å². The lowest BCUT2D eigenvalue weighted by molar-refractivity contribution is 0.482. The van der Waals surface area contributed by atoms with Crippen molar-refractivity contribution in [2.45, 2.75) is 44.6 Å². The molecule has 2 rings (SSSR count). The van der Waals surface area contributed by atoms with Crippen LogP contribution in [0.1, 0.15) is 37.3 Å². The van der Waals surface area contributed by atoms with Crippen molar-refractivity contribution in [3.63, 3.8) is 0 Å². The van der Waals surface area contributed by atoms with Crippen LogP contribution in [0.3, 0.4) is 0 Å². The molecular formula is C13H19N. The molecule has 0 bridgehead atoms. The molecule has 2 unspecified atom stereocenters. The van der Waals surface area contributed by atoms with Gasteiger partial charge < -0.3 is 5.73 Å². The van der Waals surface area contributed by atoms with Crippen molar-refractivity contribution >= 4 is 0 Å². The maximum atomic E-state index is 5.98. The largest absolute Gasteiger partial charge is 0.328 e. The predicted molar refractivity (Wildman–Crippen MR) is 60.4 cm³/mol. The van der Waals surface area contributed by atoms with E-state index in [1.54, 1.807) is 0 Å². The van der Waals surface area contributed by atoms with Gasteiger partial charge in [0.05, 0.1) is 0 Å². The van der Waals surface area contributed by atoms with Gasteiger partial charge in [0.1, 0.15) is 0 Å². The van der Waals surface area contributed by atoms with Crippen LogP contribution in [-0.4, -0.2) is 6.04 Å². The van der Waals surface area contributed by atoms with E-state index in [0.717, 1.165) is 6.42 Å². The van der Waals surface area contributed by atoms with E-state index in [9.17, 15) is 0 Å². The van der Waals surface area contributed by atoms with E-state index in [4.69, 9.17) is 5.73 Å². The highest BCUT2D eigenvalue weighted by molar-refractivity contribution is 5.29. The lowest BCUT2D eigenvalue weighted by atomic mass is 9.80. The van der Waals surface area contributed by atoms with Crippen molar-refractivity contribution in [3.8, 4) is 0 Å². The molecule has 1 aliphatic rings. The topological polar surface area (TPSA) is 26.0 Å². The van der Waals surface area contributed by atoms with Gasteiger partial charge in [0.15, 0.2) is 0 Å². The molecule has 76 valence electrons. The molecule has 0 spiro atoms. The average molecular weight is 189 g/mol. The quantitative estimate of drug-likeness (QED) is 0.722. The van der Waals surface area contributed by atoms with Gasteiger partial charge in [0.2, 0.25) is 0 Å². The second-order valence-electron chi connectivity index (χ2n) is 4.93. The fourth-order valence-corrected chi connectivity index (χ4v) is 2.50. The summed E-state index contributed by atoms with van der Waals surface area (Å²) in [5, 5.41) is 0. The fraction of sp³-hybridized carbons (Fsp3) is 0.538. The first-order chi connectivity index (χ1) is 6.60. The molecule has 1 aromatic carbocycles. The van der Waals surface area contributed by atoms with Crippen molar-refractivity contribution < 1.29 is 0 Å². The van der Waals surface area contributed by atoms with E-state index in [1.807, 2.05) is 0 Å². The minimum atomic E-state index is 0.327. The summed E-state index contributed by atoms with van der Waals surface area (Å²) in [6.45, 7) is 4.47. The average Bonchev–Trinajstić information content (AvgIpc) is 2.48. The van der Waals surface area contributed by atoms with E-state index < -0.39 is 0 Å². The second kappa shape index (κ2) is 3.39. The summed E-state index contributed by atoms with van der Waals surface area (Å²) in [4.78, 5) is 0. The molecule has 2 atom stereocenters. The Morgan fingerprint density at radius 2 is 1.93 bits per heavy atom. The summed E-state index contributed by atoms with van der Waals surface area (Å²) in [7, 11) is 0. The van der Waals surface area contributed by atoms with Crippen LogP contribution in [0.2, 0.25) is 0 Å². The lowest BCUT2D eigenvalue weighted by Crippen LogP contribution is -2.22. The Kier molecular flexibility index (Phi) is 2.36. The first-order valence-electron chi connectivity index (χ1n) is 5.43. The van der Waals surface area contributed by atoms with Crippen LogP contribution < -0.4 is 5.73 Å². The molecule has 1 nitrogen and oxygen atoms in total. The van der Waals surface area contributed by atoms with Crippen molar-refractivity contribution in [2.75, 3.05) is 0 Å². The maximum Gasteiger partial charge on any atom is 0.00475 e. The van der Waals surface area contributed by atoms with Gasteiger partial charge in [-0.15, -0.1) is 0 Å². The minimum Gasteiger partial charge on any atom is -0.328 e. The summed E-state index contributed by atoms with van der Waals surface area (Å²) >= 11 is 0. The van der Waals surface area contributed by atoms with E-state index in [-0.39, 0.29) is 0 Å². The summed E-state index contributed by atoms with van der Waals surface area (Å²) in [6.07, 6.45) is 3.54. The summed E-state index contributed by atoms with van der Waals surface area (Å²) in [6, 6.07) is 9.32. The molecule has 0 radical (unpaired) electrons. The van der Waals surface area contributed by atoms with Gasteiger partial charge in [-0.1, -0.05) is 36.8 Å². The molecule has 1 aliphatic carbocycles. The molecule has 0 aliphatic heterocycles.